The topological polar surface area (TPSA) is 43.8 Å². The van der Waals surface area contributed by atoms with E-state index in [0.29, 0.717) is 0 Å². The van der Waals surface area contributed by atoms with Gasteiger partial charge in [0.15, 0.2) is 5.96 Å². The van der Waals surface area contributed by atoms with Crippen LogP contribution in [0.5, 0.6) is 0 Å². The molecule has 0 amide bonds. The summed E-state index contributed by atoms with van der Waals surface area (Å²) in [6.45, 7) is 8.15. The zero-order valence-electron chi connectivity index (χ0n) is 14.4. The van der Waals surface area contributed by atoms with Crippen molar-refractivity contribution in [1.82, 2.24) is 20.1 Å². The number of aryl methyl sites for hydroxylation is 1. The predicted molar refractivity (Wildman–Crippen MR) is 107 cm³/mol. The molecule has 0 bridgehead atoms. The van der Waals surface area contributed by atoms with Crippen LogP contribution in [0.4, 0.5) is 0 Å². The number of aliphatic imine (C=N–C) groups is 1. The zero-order valence-corrected chi connectivity index (χ0v) is 17.6. The van der Waals surface area contributed by atoms with Crippen LogP contribution in [0.3, 0.4) is 0 Å². The van der Waals surface area contributed by atoms with Crippen LogP contribution in [0.15, 0.2) is 10.4 Å². The van der Waals surface area contributed by atoms with Gasteiger partial charge in [-0.05, 0) is 26.9 Å². The van der Waals surface area contributed by atoms with E-state index in [1.807, 2.05) is 21.0 Å². The highest BCUT2D eigenvalue weighted by molar-refractivity contribution is 14.0. The van der Waals surface area contributed by atoms with Crippen LogP contribution < -0.4 is 5.32 Å². The van der Waals surface area contributed by atoms with Crippen molar-refractivity contribution in [3.05, 3.63) is 16.1 Å². The smallest absolute Gasteiger partial charge is 0.193 e. The monoisotopic (exact) mass is 439 g/mol. The molecule has 1 aromatic rings. The summed E-state index contributed by atoms with van der Waals surface area (Å²) in [6, 6.07) is 0. The molecule has 1 rings (SSSR count). The van der Waals surface area contributed by atoms with Crippen molar-refractivity contribution in [3.8, 4) is 0 Å². The molecule has 0 aliphatic rings. The van der Waals surface area contributed by atoms with E-state index in [1.165, 1.54) is 12.8 Å². The number of likely N-dealkylation sites (N-methyl/N-ethyl adjacent to an activating group) is 1. The SMILES string of the molecule is CCCCN(C)CCNC(=NC)N(C)Cc1csc(C)n1.I. The number of aromatic nitrogens is 1. The van der Waals surface area contributed by atoms with Crippen molar-refractivity contribution in [3.63, 3.8) is 0 Å². The minimum atomic E-state index is 0. The molecule has 5 nitrogen and oxygen atoms in total. The van der Waals surface area contributed by atoms with Crippen LogP contribution in [-0.4, -0.2) is 61.5 Å². The van der Waals surface area contributed by atoms with Crippen LogP contribution in [0.2, 0.25) is 0 Å². The van der Waals surface area contributed by atoms with E-state index in [0.717, 1.165) is 42.8 Å². The molecule has 0 aliphatic carbocycles. The Labute approximate surface area is 156 Å². The van der Waals surface area contributed by atoms with Gasteiger partial charge < -0.3 is 15.1 Å². The number of guanidine groups is 1. The van der Waals surface area contributed by atoms with Crippen molar-refractivity contribution in [1.29, 1.82) is 0 Å². The number of halogens is 1. The van der Waals surface area contributed by atoms with E-state index in [1.54, 1.807) is 11.3 Å². The maximum Gasteiger partial charge on any atom is 0.193 e. The molecule has 1 aromatic heterocycles. The molecule has 0 unspecified atom stereocenters. The van der Waals surface area contributed by atoms with Crippen LogP contribution >= 0.6 is 35.3 Å². The van der Waals surface area contributed by atoms with Crippen molar-refractivity contribution >= 4 is 41.3 Å². The van der Waals surface area contributed by atoms with Crippen molar-refractivity contribution in [2.45, 2.75) is 33.2 Å². The first-order valence-electron chi connectivity index (χ1n) is 7.58. The molecule has 7 heteroatoms. The minimum absolute atomic E-state index is 0. The molecule has 0 aliphatic heterocycles. The van der Waals surface area contributed by atoms with Gasteiger partial charge in [0.1, 0.15) is 0 Å². The van der Waals surface area contributed by atoms with Gasteiger partial charge >= 0.3 is 0 Å². The number of nitrogens with one attached hydrogen (secondary N) is 1. The fourth-order valence-corrected chi connectivity index (χ4v) is 2.69. The summed E-state index contributed by atoms with van der Waals surface area (Å²) in [5.41, 5.74) is 1.10. The first-order chi connectivity index (χ1) is 10.1. The second-order valence-corrected chi connectivity index (χ2v) is 6.41. The van der Waals surface area contributed by atoms with Crippen LogP contribution in [0.1, 0.15) is 30.5 Å². The van der Waals surface area contributed by atoms with E-state index in [2.05, 4.69) is 44.4 Å². The lowest BCUT2D eigenvalue weighted by Crippen LogP contribution is -2.41. The summed E-state index contributed by atoms with van der Waals surface area (Å²) in [7, 11) is 6.04. The van der Waals surface area contributed by atoms with Crippen molar-refractivity contribution < 1.29 is 0 Å². The molecule has 0 fully saturated rings. The van der Waals surface area contributed by atoms with Gasteiger partial charge in [-0.15, -0.1) is 35.3 Å². The number of hydrogen-bond acceptors (Lipinski definition) is 4. The van der Waals surface area contributed by atoms with E-state index in [-0.39, 0.29) is 24.0 Å². The summed E-state index contributed by atoms with van der Waals surface area (Å²) >= 11 is 1.69. The average molecular weight is 439 g/mol. The maximum absolute atomic E-state index is 4.50. The summed E-state index contributed by atoms with van der Waals surface area (Å²) in [5, 5.41) is 6.63. The second kappa shape index (κ2) is 12.1. The average Bonchev–Trinajstić information content (AvgIpc) is 2.86. The van der Waals surface area contributed by atoms with Gasteiger partial charge in [0.25, 0.3) is 0 Å². The largest absolute Gasteiger partial charge is 0.355 e. The van der Waals surface area contributed by atoms with Gasteiger partial charge in [0.05, 0.1) is 17.2 Å². The Morgan fingerprint density at radius 3 is 2.64 bits per heavy atom. The lowest BCUT2D eigenvalue weighted by Gasteiger charge is -2.23. The second-order valence-electron chi connectivity index (χ2n) is 5.34. The highest BCUT2D eigenvalue weighted by Gasteiger charge is 2.08. The molecule has 128 valence electrons. The third-order valence-corrected chi connectivity index (χ3v) is 4.13. The number of thiazole rings is 1. The summed E-state index contributed by atoms with van der Waals surface area (Å²) < 4.78 is 0. The maximum atomic E-state index is 4.50. The quantitative estimate of drug-likeness (QED) is 0.385. The van der Waals surface area contributed by atoms with Crippen molar-refractivity contribution in [2.75, 3.05) is 40.8 Å². The Kier molecular flexibility index (Phi) is 11.8. The summed E-state index contributed by atoms with van der Waals surface area (Å²) in [4.78, 5) is 13.3. The summed E-state index contributed by atoms with van der Waals surface area (Å²) in [6.07, 6.45) is 2.50. The molecule has 22 heavy (non-hydrogen) atoms. The molecular weight excluding hydrogens is 409 g/mol. The first kappa shape index (κ1) is 21.6. The van der Waals surface area contributed by atoms with Gasteiger partial charge in [-0.25, -0.2) is 4.98 Å². The zero-order chi connectivity index (χ0) is 15.7. The Morgan fingerprint density at radius 1 is 1.36 bits per heavy atom. The Bertz CT molecular complexity index is 435. The van der Waals surface area contributed by atoms with Crippen LogP contribution in [0, 0.1) is 6.92 Å². The minimum Gasteiger partial charge on any atom is -0.355 e. The Hall–Kier alpha value is -0.410. The Morgan fingerprint density at radius 2 is 2.09 bits per heavy atom. The molecule has 0 saturated carbocycles. The molecular formula is C15H30IN5S. The molecule has 0 aromatic carbocycles. The molecule has 0 atom stereocenters. The highest BCUT2D eigenvalue weighted by Crippen LogP contribution is 2.09. The van der Waals surface area contributed by atoms with Crippen LogP contribution in [0.25, 0.3) is 0 Å². The Balaban J connectivity index is 0.00000441. The van der Waals surface area contributed by atoms with Gasteiger partial charge in [0.2, 0.25) is 0 Å². The fourth-order valence-electron chi connectivity index (χ4n) is 2.08. The van der Waals surface area contributed by atoms with Crippen LogP contribution in [-0.2, 0) is 6.54 Å². The third-order valence-electron chi connectivity index (χ3n) is 3.31. The number of hydrogen-bond donors (Lipinski definition) is 1. The number of nitrogens with zero attached hydrogens (tertiary/aromatic N) is 4. The first-order valence-corrected chi connectivity index (χ1v) is 8.46. The molecule has 1 N–H and O–H groups in total. The number of unbranched alkanes of at least 4 members (excludes halogenated alkanes) is 1. The van der Waals surface area contributed by atoms with E-state index < -0.39 is 0 Å². The van der Waals surface area contributed by atoms with Gasteiger partial charge in [-0.2, -0.15) is 0 Å². The van der Waals surface area contributed by atoms with Gasteiger partial charge in [-0.1, -0.05) is 13.3 Å². The number of rotatable bonds is 8. The molecule has 0 spiro atoms. The lowest BCUT2D eigenvalue weighted by atomic mass is 10.3. The van der Waals surface area contributed by atoms with Gasteiger partial charge in [0, 0.05) is 32.6 Å². The third kappa shape index (κ3) is 8.28. The van der Waals surface area contributed by atoms with Crippen molar-refractivity contribution in [2.24, 2.45) is 4.99 Å². The standard InChI is InChI=1S/C15H29N5S.HI/c1-6-7-9-19(4)10-8-17-15(16-3)20(5)11-14-12-21-13(2)18-14;/h12H,6-11H2,1-5H3,(H,16,17);1H. The molecule has 0 saturated heterocycles. The highest BCUT2D eigenvalue weighted by atomic mass is 127. The molecule has 0 radical (unpaired) electrons. The lowest BCUT2D eigenvalue weighted by molar-refractivity contribution is 0.329. The van der Waals surface area contributed by atoms with Gasteiger partial charge in [-0.3, -0.25) is 4.99 Å². The summed E-state index contributed by atoms with van der Waals surface area (Å²) in [5.74, 6) is 0.921. The normalized spacial score (nSPS) is 11.5. The fraction of sp³-hybridized carbons (Fsp3) is 0.733. The van der Waals surface area contributed by atoms with E-state index in [9.17, 15) is 0 Å². The van der Waals surface area contributed by atoms with E-state index >= 15 is 0 Å². The predicted octanol–water partition coefficient (Wildman–Crippen LogP) is 2.81. The molecule has 1 heterocycles. The van der Waals surface area contributed by atoms with E-state index in [4.69, 9.17) is 0 Å².